The van der Waals surface area contributed by atoms with Crippen LogP contribution < -0.4 is 10.1 Å². The van der Waals surface area contributed by atoms with Gasteiger partial charge in [-0.15, -0.1) is 0 Å². The SMILES string of the molecule is COc1ccccc1CNC(=O)COC(=O)c1ccccc1[S@](C)=O. The second kappa shape index (κ2) is 8.98. The predicted octanol–water partition coefficient (Wildman–Crippen LogP) is 1.91. The summed E-state index contributed by atoms with van der Waals surface area (Å²) in [6.45, 7) is -0.158. The Bertz CT molecular complexity index is 791. The fourth-order valence-electron chi connectivity index (χ4n) is 2.19. The monoisotopic (exact) mass is 361 g/mol. The normalized spacial score (nSPS) is 11.4. The van der Waals surface area contributed by atoms with Crippen LogP contribution in [0.3, 0.4) is 0 Å². The average Bonchev–Trinajstić information content (AvgIpc) is 2.64. The number of rotatable bonds is 7. The minimum absolute atomic E-state index is 0.195. The first kappa shape index (κ1) is 18.7. The van der Waals surface area contributed by atoms with E-state index in [0.29, 0.717) is 10.6 Å². The van der Waals surface area contributed by atoms with Crippen LogP contribution in [0.2, 0.25) is 0 Å². The number of nitrogens with one attached hydrogen (secondary N) is 1. The van der Waals surface area contributed by atoms with Crippen molar-refractivity contribution >= 4 is 22.7 Å². The number of esters is 1. The van der Waals surface area contributed by atoms with Gasteiger partial charge < -0.3 is 14.8 Å². The van der Waals surface area contributed by atoms with Crippen LogP contribution in [0.25, 0.3) is 0 Å². The Morgan fingerprint density at radius 1 is 1.08 bits per heavy atom. The maximum atomic E-state index is 12.1. The molecule has 132 valence electrons. The summed E-state index contributed by atoms with van der Waals surface area (Å²) in [5, 5.41) is 2.66. The van der Waals surface area contributed by atoms with Gasteiger partial charge in [-0.05, 0) is 18.2 Å². The lowest BCUT2D eigenvalue weighted by molar-refractivity contribution is -0.124. The molecule has 0 aliphatic rings. The lowest BCUT2D eigenvalue weighted by atomic mass is 10.2. The molecular weight excluding hydrogens is 342 g/mol. The standard InChI is InChI=1S/C18H19NO5S/c1-23-15-9-5-3-7-13(15)11-19-17(20)12-24-18(21)14-8-4-6-10-16(14)25(2)22/h3-10H,11-12H2,1-2H3,(H,19,20)/t25-/m0/s1. The molecule has 7 heteroatoms. The van der Waals surface area contributed by atoms with Crippen molar-refractivity contribution in [2.45, 2.75) is 11.4 Å². The van der Waals surface area contributed by atoms with Gasteiger partial charge in [-0.25, -0.2) is 4.79 Å². The lowest BCUT2D eigenvalue weighted by Crippen LogP contribution is -2.28. The van der Waals surface area contributed by atoms with Crippen molar-refractivity contribution in [3.63, 3.8) is 0 Å². The molecule has 0 saturated heterocycles. The number of methoxy groups -OCH3 is 1. The molecule has 0 aliphatic carbocycles. The summed E-state index contributed by atoms with van der Waals surface area (Å²) in [5.41, 5.74) is 1.01. The molecule has 0 heterocycles. The second-order valence-electron chi connectivity index (χ2n) is 5.11. The highest BCUT2D eigenvalue weighted by molar-refractivity contribution is 7.84. The van der Waals surface area contributed by atoms with E-state index in [0.717, 1.165) is 5.56 Å². The zero-order valence-electron chi connectivity index (χ0n) is 14.0. The lowest BCUT2D eigenvalue weighted by Gasteiger charge is -2.10. The first-order valence-corrected chi connectivity index (χ1v) is 9.07. The maximum absolute atomic E-state index is 12.1. The van der Waals surface area contributed by atoms with Crippen LogP contribution in [0.15, 0.2) is 53.4 Å². The van der Waals surface area contributed by atoms with E-state index in [1.165, 1.54) is 12.3 Å². The summed E-state index contributed by atoms with van der Waals surface area (Å²) >= 11 is 0. The van der Waals surface area contributed by atoms with E-state index in [-0.39, 0.29) is 12.1 Å². The minimum atomic E-state index is -1.32. The molecule has 0 unspecified atom stereocenters. The van der Waals surface area contributed by atoms with Crippen molar-refractivity contribution in [2.75, 3.05) is 20.0 Å². The fraction of sp³-hybridized carbons (Fsp3) is 0.222. The molecule has 6 nitrogen and oxygen atoms in total. The Hall–Kier alpha value is -2.67. The van der Waals surface area contributed by atoms with Gasteiger partial charge in [-0.2, -0.15) is 0 Å². The minimum Gasteiger partial charge on any atom is -0.496 e. The van der Waals surface area contributed by atoms with Crippen LogP contribution in [0.1, 0.15) is 15.9 Å². The third-order valence-corrected chi connectivity index (χ3v) is 4.39. The molecule has 0 saturated carbocycles. The van der Waals surface area contributed by atoms with E-state index in [9.17, 15) is 13.8 Å². The van der Waals surface area contributed by atoms with Gasteiger partial charge in [0.25, 0.3) is 5.91 Å². The highest BCUT2D eigenvalue weighted by atomic mass is 32.2. The van der Waals surface area contributed by atoms with Gasteiger partial charge in [-0.1, -0.05) is 30.3 Å². The Morgan fingerprint density at radius 3 is 2.48 bits per heavy atom. The molecule has 0 aliphatic heterocycles. The van der Waals surface area contributed by atoms with Crippen LogP contribution in [-0.4, -0.2) is 36.1 Å². The Labute approximate surface area is 148 Å². The van der Waals surface area contributed by atoms with Crippen molar-refractivity contribution in [1.29, 1.82) is 0 Å². The number of amides is 1. The van der Waals surface area contributed by atoms with Crippen molar-refractivity contribution in [3.8, 4) is 5.75 Å². The molecule has 2 aromatic carbocycles. The Morgan fingerprint density at radius 2 is 1.76 bits per heavy atom. The van der Waals surface area contributed by atoms with Crippen LogP contribution in [-0.2, 0) is 26.9 Å². The van der Waals surface area contributed by atoms with Crippen molar-refractivity contribution < 1.29 is 23.3 Å². The molecule has 0 radical (unpaired) electrons. The molecule has 2 aromatic rings. The topological polar surface area (TPSA) is 81.7 Å². The van der Waals surface area contributed by atoms with Crippen LogP contribution in [0.4, 0.5) is 0 Å². The molecule has 2 rings (SSSR count). The van der Waals surface area contributed by atoms with Gasteiger partial charge in [0.05, 0.1) is 28.4 Å². The number of ether oxygens (including phenoxy) is 2. The molecule has 0 fully saturated rings. The molecule has 0 aromatic heterocycles. The maximum Gasteiger partial charge on any atom is 0.339 e. The molecule has 0 spiro atoms. The highest BCUT2D eigenvalue weighted by Gasteiger charge is 2.16. The van der Waals surface area contributed by atoms with Gasteiger partial charge in [-0.3, -0.25) is 9.00 Å². The highest BCUT2D eigenvalue weighted by Crippen LogP contribution is 2.16. The number of benzene rings is 2. The Balaban J connectivity index is 1.90. The van der Waals surface area contributed by atoms with Crippen molar-refractivity contribution in [3.05, 3.63) is 59.7 Å². The molecule has 1 atom stereocenters. The molecule has 25 heavy (non-hydrogen) atoms. The molecule has 1 N–H and O–H groups in total. The Kier molecular flexibility index (Phi) is 6.71. The number of para-hydroxylation sites is 1. The number of hydrogen-bond donors (Lipinski definition) is 1. The van der Waals surface area contributed by atoms with Gasteiger partial charge >= 0.3 is 5.97 Å². The average molecular weight is 361 g/mol. The van der Waals surface area contributed by atoms with Crippen molar-refractivity contribution in [2.24, 2.45) is 0 Å². The van der Waals surface area contributed by atoms with E-state index >= 15 is 0 Å². The zero-order valence-corrected chi connectivity index (χ0v) is 14.8. The van der Waals surface area contributed by atoms with Gasteiger partial charge in [0.2, 0.25) is 0 Å². The van der Waals surface area contributed by atoms with Crippen LogP contribution in [0.5, 0.6) is 5.75 Å². The quantitative estimate of drug-likeness (QED) is 0.762. The van der Waals surface area contributed by atoms with E-state index in [1.807, 2.05) is 18.2 Å². The first-order chi connectivity index (χ1) is 12.0. The van der Waals surface area contributed by atoms with Gasteiger partial charge in [0, 0.05) is 18.4 Å². The summed E-state index contributed by atoms with van der Waals surface area (Å²) < 4.78 is 21.9. The number of hydrogen-bond acceptors (Lipinski definition) is 5. The summed E-state index contributed by atoms with van der Waals surface area (Å²) in [6.07, 6.45) is 1.48. The summed E-state index contributed by atoms with van der Waals surface area (Å²) in [7, 11) is 0.230. The molecular formula is C18H19NO5S. The van der Waals surface area contributed by atoms with Crippen LogP contribution in [0, 0.1) is 0 Å². The van der Waals surface area contributed by atoms with E-state index in [1.54, 1.807) is 31.4 Å². The number of carbonyl (C=O) groups is 2. The summed E-state index contributed by atoms with van der Waals surface area (Å²) in [4.78, 5) is 24.4. The molecule has 0 bridgehead atoms. The van der Waals surface area contributed by atoms with Gasteiger partial charge in [0.1, 0.15) is 5.75 Å². The predicted molar refractivity (Wildman–Crippen MR) is 93.9 cm³/mol. The van der Waals surface area contributed by atoms with E-state index in [4.69, 9.17) is 9.47 Å². The van der Waals surface area contributed by atoms with E-state index in [2.05, 4.69) is 5.32 Å². The largest absolute Gasteiger partial charge is 0.496 e. The summed E-state index contributed by atoms with van der Waals surface area (Å²) in [5.74, 6) is -0.452. The van der Waals surface area contributed by atoms with E-state index < -0.39 is 29.3 Å². The zero-order chi connectivity index (χ0) is 18.2. The summed E-state index contributed by atoms with van der Waals surface area (Å²) in [6, 6.07) is 13.7. The van der Waals surface area contributed by atoms with Crippen molar-refractivity contribution in [1.82, 2.24) is 5.32 Å². The first-order valence-electron chi connectivity index (χ1n) is 7.51. The smallest absolute Gasteiger partial charge is 0.339 e. The van der Waals surface area contributed by atoms with Crippen LogP contribution >= 0.6 is 0 Å². The number of carbonyl (C=O) groups excluding carboxylic acids is 2. The fourth-order valence-corrected chi connectivity index (χ4v) is 2.92. The molecule has 1 amide bonds. The second-order valence-corrected chi connectivity index (χ2v) is 6.46. The third-order valence-electron chi connectivity index (χ3n) is 3.42. The van der Waals surface area contributed by atoms with Gasteiger partial charge in [0.15, 0.2) is 6.61 Å². The third kappa shape index (κ3) is 5.15.